The van der Waals surface area contributed by atoms with Crippen LogP contribution in [0.25, 0.3) is 0 Å². The molecule has 5 heteroatoms. The summed E-state index contributed by atoms with van der Waals surface area (Å²) in [5, 5.41) is 4.21. The fourth-order valence-corrected chi connectivity index (χ4v) is 3.15. The predicted molar refractivity (Wildman–Crippen MR) is 80.8 cm³/mol. The summed E-state index contributed by atoms with van der Waals surface area (Å²) in [7, 11) is 0. The molecule has 2 aromatic rings. The number of oxime groups is 1. The first kappa shape index (κ1) is 13.4. The highest BCUT2D eigenvalue weighted by molar-refractivity contribution is 6.03. The zero-order valence-electron chi connectivity index (χ0n) is 12.0. The number of benzene rings is 1. The largest absolute Gasteiger partial charge is 0.390 e. The Kier molecular flexibility index (Phi) is 3.35. The summed E-state index contributed by atoms with van der Waals surface area (Å²) in [6.07, 6.45) is 1.90. The van der Waals surface area contributed by atoms with Crippen molar-refractivity contribution >= 4 is 5.71 Å². The summed E-state index contributed by atoms with van der Waals surface area (Å²) in [5.74, 6) is 0.0113. The molecule has 4 nitrogen and oxygen atoms in total. The maximum absolute atomic E-state index is 13.1. The second-order valence-corrected chi connectivity index (χ2v) is 5.75. The number of fused-ring (bicyclic) bond motifs is 1. The lowest BCUT2D eigenvalue weighted by atomic mass is 9.95. The van der Waals surface area contributed by atoms with Crippen LogP contribution in [0, 0.1) is 11.7 Å². The summed E-state index contributed by atoms with van der Waals surface area (Å²) in [6, 6.07) is 12.4. The Labute approximate surface area is 128 Å². The van der Waals surface area contributed by atoms with Crippen LogP contribution in [0.2, 0.25) is 0 Å². The smallest absolute Gasteiger partial charge is 0.149 e. The molecular formula is C17H16FN3O. The van der Waals surface area contributed by atoms with E-state index in [9.17, 15) is 4.39 Å². The molecule has 22 heavy (non-hydrogen) atoms. The zero-order chi connectivity index (χ0) is 14.9. The van der Waals surface area contributed by atoms with E-state index < -0.39 is 0 Å². The van der Waals surface area contributed by atoms with E-state index in [0.717, 1.165) is 36.6 Å². The van der Waals surface area contributed by atoms with Gasteiger partial charge in [-0.15, -0.1) is 0 Å². The third-order valence-electron chi connectivity index (χ3n) is 4.23. The Morgan fingerprint density at radius 3 is 2.77 bits per heavy atom. The molecule has 0 spiro atoms. The van der Waals surface area contributed by atoms with Gasteiger partial charge in [0.2, 0.25) is 0 Å². The van der Waals surface area contributed by atoms with Gasteiger partial charge in [0.15, 0.2) is 0 Å². The van der Waals surface area contributed by atoms with Gasteiger partial charge in [-0.2, -0.15) is 0 Å². The third kappa shape index (κ3) is 2.48. The first-order valence-corrected chi connectivity index (χ1v) is 7.41. The Bertz CT molecular complexity index is 687. The van der Waals surface area contributed by atoms with E-state index in [0.29, 0.717) is 0 Å². The van der Waals surface area contributed by atoms with Gasteiger partial charge < -0.3 is 4.84 Å². The maximum atomic E-state index is 13.1. The number of aromatic nitrogens is 1. The number of pyridine rings is 1. The van der Waals surface area contributed by atoms with Crippen molar-refractivity contribution in [2.24, 2.45) is 11.1 Å². The summed E-state index contributed by atoms with van der Waals surface area (Å²) < 4.78 is 13.1. The normalized spacial score (nSPS) is 24.0. The number of hydrogen-bond acceptors (Lipinski definition) is 4. The molecule has 1 fully saturated rings. The van der Waals surface area contributed by atoms with Crippen LogP contribution in [-0.2, 0) is 11.4 Å². The minimum atomic E-state index is -0.233. The minimum absolute atomic E-state index is 0.0868. The number of hydrogen-bond donors (Lipinski definition) is 0. The van der Waals surface area contributed by atoms with Crippen molar-refractivity contribution in [3.63, 3.8) is 0 Å². The van der Waals surface area contributed by atoms with E-state index in [1.165, 1.54) is 12.1 Å². The number of rotatable bonds is 3. The minimum Gasteiger partial charge on any atom is -0.390 e. The molecule has 112 valence electrons. The van der Waals surface area contributed by atoms with Crippen LogP contribution in [0.1, 0.15) is 11.3 Å². The molecule has 1 aromatic carbocycles. The molecule has 3 heterocycles. The second kappa shape index (κ2) is 5.50. The highest BCUT2D eigenvalue weighted by Gasteiger charge is 2.42. The molecule has 4 rings (SSSR count). The van der Waals surface area contributed by atoms with E-state index in [4.69, 9.17) is 4.84 Å². The zero-order valence-corrected chi connectivity index (χ0v) is 12.0. The van der Waals surface area contributed by atoms with Gasteiger partial charge in [0.05, 0.1) is 17.3 Å². The molecule has 0 unspecified atom stereocenters. The Morgan fingerprint density at radius 2 is 2.00 bits per heavy atom. The summed E-state index contributed by atoms with van der Waals surface area (Å²) in [4.78, 5) is 12.3. The lowest BCUT2D eigenvalue weighted by molar-refractivity contribution is 0.0744. The van der Waals surface area contributed by atoms with Crippen molar-refractivity contribution in [1.29, 1.82) is 0 Å². The molecule has 1 aromatic heterocycles. The fraction of sp³-hybridized carbons (Fsp3) is 0.294. The summed E-state index contributed by atoms with van der Waals surface area (Å²) in [6.45, 7) is 2.54. The molecule has 0 saturated carbocycles. The van der Waals surface area contributed by atoms with Crippen molar-refractivity contribution in [3.8, 4) is 0 Å². The van der Waals surface area contributed by atoms with Gasteiger partial charge in [-0.05, 0) is 29.8 Å². The molecule has 0 N–H and O–H groups in total. The SMILES string of the molecule is Fc1ccc(C2=NO[C@H]3CN(Cc4ccccn4)C[C@@H]23)cc1. The van der Waals surface area contributed by atoms with Crippen LogP contribution in [-0.4, -0.2) is 34.8 Å². The van der Waals surface area contributed by atoms with Gasteiger partial charge >= 0.3 is 0 Å². The van der Waals surface area contributed by atoms with E-state index in [2.05, 4.69) is 15.0 Å². The van der Waals surface area contributed by atoms with Crippen LogP contribution in [0.3, 0.4) is 0 Å². The molecule has 1 saturated heterocycles. The molecule has 0 aliphatic carbocycles. The lowest BCUT2D eigenvalue weighted by Crippen LogP contribution is -2.23. The lowest BCUT2D eigenvalue weighted by Gasteiger charge is -2.15. The predicted octanol–water partition coefficient (Wildman–Crippen LogP) is 2.46. The van der Waals surface area contributed by atoms with Crippen molar-refractivity contribution < 1.29 is 9.23 Å². The fourth-order valence-electron chi connectivity index (χ4n) is 3.15. The number of nitrogens with zero attached hydrogens (tertiary/aromatic N) is 3. The number of likely N-dealkylation sites (tertiary alicyclic amines) is 1. The van der Waals surface area contributed by atoms with Gasteiger partial charge in [-0.3, -0.25) is 9.88 Å². The average molecular weight is 297 g/mol. The van der Waals surface area contributed by atoms with Crippen LogP contribution >= 0.6 is 0 Å². The van der Waals surface area contributed by atoms with E-state index in [1.54, 1.807) is 12.1 Å². The van der Waals surface area contributed by atoms with Gasteiger partial charge in [-0.1, -0.05) is 23.4 Å². The number of halogens is 1. The first-order valence-electron chi connectivity index (χ1n) is 7.41. The maximum Gasteiger partial charge on any atom is 0.149 e. The summed E-state index contributed by atoms with van der Waals surface area (Å²) >= 11 is 0. The highest BCUT2D eigenvalue weighted by Crippen LogP contribution is 2.30. The van der Waals surface area contributed by atoms with E-state index in [1.807, 2.05) is 24.4 Å². The van der Waals surface area contributed by atoms with Gasteiger partial charge in [0, 0.05) is 25.8 Å². The molecule has 0 radical (unpaired) electrons. The van der Waals surface area contributed by atoms with Crippen LogP contribution in [0.4, 0.5) is 4.39 Å². The first-order chi connectivity index (χ1) is 10.8. The van der Waals surface area contributed by atoms with Crippen LogP contribution in [0.5, 0.6) is 0 Å². The topological polar surface area (TPSA) is 37.7 Å². The monoisotopic (exact) mass is 297 g/mol. The van der Waals surface area contributed by atoms with Crippen LogP contribution in [0.15, 0.2) is 53.8 Å². The Hall–Kier alpha value is -2.27. The Morgan fingerprint density at radius 1 is 1.14 bits per heavy atom. The van der Waals surface area contributed by atoms with Crippen molar-refractivity contribution in [2.75, 3.05) is 13.1 Å². The standard InChI is InChI=1S/C17H16FN3O/c18-13-6-4-12(5-7-13)17-15-10-21(11-16(15)22-20-17)9-14-3-1-2-8-19-14/h1-8,15-16H,9-11H2/t15-,16+/m1/s1. The average Bonchev–Trinajstić information content (AvgIpc) is 3.09. The van der Waals surface area contributed by atoms with Crippen LogP contribution < -0.4 is 0 Å². The third-order valence-corrected chi connectivity index (χ3v) is 4.23. The summed E-state index contributed by atoms with van der Waals surface area (Å²) in [5.41, 5.74) is 2.92. The van der Waals surface area contributed by atoms with Crippen molar-refractivity contribution in [1.82, 2.24) is 9.88 Å². The molecule has 2 atom stereocenters. The molecule has 2 aliphatic heterocycles. The van der Waals surface area contributed by atoms with E-state index >= 15 is 0 Å². The molecule has 2 aliphatic rings. The quantitative estimate of drug-likeness (QED) is 0.873. The Balaban J connectivity index is 1.48. The van der Waals surface area contributed by atoms with E-state index in [-0.39, 0.29) is 17.8 Å². The van der Waals surface area contributed by atoms with Gasteiger partial charge in [0.1, 0.15) is 11.9 Å². The highest BCUT2D eigenvalue weighted by atomic mass is 19.1. The van der Waals surface area contributed by atoms with Crippen molar-refractivity contribution in [2.45, 2.75) is 12.6 Å². The molecule has 0 amide bonds. The van der Waals surface area contributed by atoms with Gasteiger partial charge in [0.25, 0.3) is 0 Å². The van der Waals surface area contributed by atoms with Crippen molar-refractivity contribution in [3.05, 3.63) is 65.7 Å². The van der Waals surface area contributed by atoms with Gasteiger partial charge in [-0.25, -0.2) is 4.39 Å². The molecular weight excluding hydrogens is 281 g/mol. The second-order valence-electron chi connectivity index (χ2n) is 5.75. The molecule has 0 bridgehead atoms.